The van der Waals surface area contributed by atoms with Crippen LogP contribution in [-0.4, -0.2) is 9.55 Å². The number of thiophene rings is 1. The Hall–Kier alpha value is -3.69. The van der Waals surface area contributed by atoms with Gasteiger partial charge in [-0.1, -0.05) is 48.5 Å². The lowest BCUT2D eigenvalue weighted by atomic mass is 10.1. The van der Waals surface area contributed by atoms with Crippen molar-refractivity contribution in [1.82, 2.24) is 9.55 Å². The van der Waals surface area contributed by atoms with Crippen molar-refractivity contribution in [2.75, 3.05) is 0 Å². The highest BCUT2D eigenvalue weighted by molar-refractivity contribution is 7.26. The Morgan fingerprint density at radius 1 is 0.667 bits per heavy atom. The maximum Gasteiger partial charge on any atom is 0.0555 e. The standard InChI is InChI=1S/C27H16N2S/c1-3-7-23-22(6-1)26-24(12-11-21-20-5-2-4-8-25(20)30-27(21)26)29(23)19-10-9-18-16-28-14-13-17(18)15-19/h1-16H. The summed E-state index contributed by atoms with van der Waals surface area (Å²) in [6.07, 6.45) is 3.78. The molecule has 7 rings (SSSR count). The van der Waals surface area contributed by atoms with E-state index in [0.717, 1.165) is 5.39 Å². The van der Waals surface area contributed by atoms with Crippen molar-refractivity contribution in [3.8, 4) is 5.69 Å². The first kappa shape index (κ1) is 16.1. The maximum absolute atomic E-state index is 4.25. The van der Waals surface area contributed by atoms with Gasteiger partial charge in [0.15, 0.2) is 0 Å². The summed E-state index contributed by atoms with van der Waals surface area (Å²) in [5.74, 6) is 0. The molecule has 0 saturated carbocycles. The monoisotopic (exact) mass is 400 g/mol. The maximum atomic E-state index is 4.25. The number of hydrogen-bond donors (Lipinski definition) is 0. The molecule has 0 spiro atoms. The summed E-state index contributed by atoms with van der Waals surface area (Å²) in [6, 6.07) is 30.7. The van der Waals surface area contributed by atoms with Gasteiger partial charge in [0.25, 0.3) is 0 Å². The highest BCUT2D eigenvalue weighted by Gasteiger charge is 2.17. The van der Waals surface area contributed by atoms with E-state index in [2.05, 4.69) is 94.5 Å². The van der Waals surface area contributed by atoms with Gasteiger partial charge < -0.3 is 4.57 Å². The molecule has 7 aromatic rings. The van der Waals surface area contributed by atoms with E-state index in [1.807, 2.05) is 23.7 Å². The second-order valence-corrected chi connectivity index (χ2v) is 8.75. The lowest BCUT2D eigenvalue weighted by Gasteiger charge is -2.09. The van der Waals surface area contributed by atoms with Crippen LogP contribution in [0, 0.1) is 0 Å². The van der Waals surface area contributed by atoms with Crippen LogP contribution >= 0.6 is 11.3 Å². The molecule has 0 unspecified atom stereocenters. The summed E-state index contributed by atoms with van der Waals surface area (Å²) in [5, 5.41) is 7.70. The van der Waals surface area contributed by atoms with Crippen molar-refractivity contribution in [1.29, 1.82) is 0 Å². The molecule has 0 fully saturated rings. The van der Waals surface area contributed by atoms with Gasteiger partial charge in [0.1, 0.15) is 0 Å². The molecule has 0 aliphatic carbocycles. The molecule has 0 N–H and O–H groups in total. The van der Waals surface area contributed by atoms with Gasteiger partial charge in [0, 0.05) is 54.4 Å². The molecule has 0 radical (unpaired) electrons. The molecule has 0 aliphatic rings. The van der Waals surface area contributed by atoms with Gasteiger partial charge in [-0.3, -0.25) is 4.98 Å². The molecule has 0 bridgehead atoms. The van der Waals surface area contributed by atoms with Crippen LogP contribution in [0.5, 0.6) is 0 Å². The van der Waals surface area contributed by atoms with Crippen LogP contribution in [0.25, 0.3) is 58.4 Å². The SMILES string of the molecule is c1ccc2c(c1)sc1c2ccc2c1c1ccccc1n2-c1ccc2cnccc2c1. The molecule has 4 aromatic carbocycles. The van der Waals surface area contributed by atoms with E-state index < -0.39 is 0 Å². The first-order valence-electron chi connectivity index (χ1n) is 10.1. The summed E-state index contributed by atoms with van der Waals surface area (Å²) in [6.45, 7) is 0. The summed E-state index contributed by atoms with van der Waals surface area (Å²) >= 11 is 1.90. The molecule has 0 aliphatic heterocycles. The Bertz CT molecular complexity index is 1750. The fraction of sp³-hybridized carbons (Fsp3) is 0. The van der Waals surface area contributed by atoms with Crippen LogP contribution in [-0.2, 0) is 0 Å². The lowest BCUT2D eigenvalue weighted by molar-refractivity contribution is 1.19. The molecule has 140 valence electrons. The van der Waals surface area contributed by atoms with Crippen LogP contribution in [0.2, 0.25) is 0 Å². The number of para-hydroxylation sites is 1. The number of nitrogens with zero attached hydrogens (tertiary/aromatic N) is 2. The van der Waals surface area contributed by atoms with Gasteiger partial charge in [0.2, 0.25) is 0 Å². The molecule has 0 amide bonds. The zero-order chi connectivity index (χ0) is 19.7. The van der Waals surface area contributed by atoms with Crippen molar-refractivity contribution in [3.05, 3.63) is 97.3 Å². The number of aromatic nitrogens is 2. The second-order valence-electron chi connectivity index (χ2n) is 7.69. The number of pyridine rings is 1. The Morgan fingerprint density at radius 2 is 1.53 bits per heavy atom. The molecule has 2 nitrogen and oxygen atoms in total. The number of fused-ring (bicyclic) bond motifs is 8. The van der Waals surface area contributed by atoms with E-state index in [1.165, 1.54) is 53.1 Å². The van der Waals surface area contributed by atoms with E-state index in [9.17, 15) is 0 Å². The van der Waals surface area contributed by atoms with Crippen molar-refractivity contribution in [2.24, 2.45) is 0 Å². The molecular formula is C27H16N2S. The van der Waals surface area contributed by atoms with Crippen molar-refractivity contribution in [3.63, 3.8) is 0 Å². The highest BCUT2D eigenvalue weighted by Crippen LogP contribution is 2.43. The zero-order valence-corrected chi connectivity index (χ0v) is 16.9. The molecule has 0 saturated heterocycles. The van der Waals surface area contributed by atoms with Crippen molar-refractivity contribution >= 4 is 64.1 Å². The molecule has 30 heavy (non-hydrogen) atoms. The van der Waals surface area contributed by atoms with E-state index in [0.29, 0.717) is 0 Å². The minimum atomic E-state index is 1.16. The van der Waals surface area contributed by atoms with Crippen LogP contribution < -0.4 is 0 Å². The largest absolute Gasteiger partial charge is 0.309 e. The fourth-order valence-corrected chi connectivity index (χ4v) is 5.98. The predicted octanol–water partition coefficient (Wildman–Crippen LogP) is 7.70. The summed E-state index contributed by atoms with van der Waals surface area (Å²) in [4.78, 5) is 4.25. The summed E-state index contributed by atoms with van der Waals surface area (Å²) in [7, 11) is 0. The van der Waals surface area contributed by atoms with Gasteiger partial charge in [-0.2, -0.15) is 0 Å². The molecule has 3 heteroatoms. The molecule has 0 atom stereocenters. The molecular weight excluding hydrogens is 384 g/mol. The first-order valence-corrected chi connectivity index (χ1v) is 10.9. The quantitative estimate of drug-likeness (QED) is 0.276. The Kier molecular flexibility index (Phi) is 3.18. The number of hydrogen-bond acceptors (Lipinski definition) is 2. The van der Waals surface area contributed by atoms with Crippen LogP contribution in [0.15, 0.2) is 97.3 Å². The van der Waals surface area contributed by atoms with E-state index in [4.69, 9.17) is 0 Å². The van der Waals surface area contributed by atoms with Gasteiger partial charge in [-0.05, 0) is 41.8 Å². The summed E-state index contributed by atoms with van der Waals surface area (Å²) in [5.41, 5.74) is 3.68. The average molecular weight is 401 g/mol. The average Bonchev–Trinajstić information content (AvgIpc) is 3.34. The third kappa shape index (κ3) is 2.10. The normalized spacial score (nSPS) is 12.0. The van der Waals surface area contributed by atoms with Gasteiger partial charge in [0.05, 0.1) is 11.0 Å². The minimum Gasteiger partial charge on any atom is -0.309 e. The van der Waals surface area contributed by atoms with Gasteiger partial charge in [-0.25, -0.2) is 0 Å². The smallest absolute Gasteiger partial charge is 0.0555 e. The zero-order valence-electron chi connectivity index (χ0n) is 16.0. The van der Waals surface area contributed by atoms with E-state index in [-0.39, 0.29) is 0 Å². The third-order valence-electron chi connectivity index (χ3n) is 6.06. The van der Waals surface area contributed by atoms with E-state index in [1.54, 1.807) is 0 Å². The van der Waals surface area contributed by atoms with Crippen molar-refractivity contribution < 1.29 is 0 Å². The second kappa shape index (κ2) is 5.91. The molecule has 3 aromatic heterocycles. The summed E-state index contributed by atoms with van der Waals surface area (Å²) < 4.78 is 5.11. The third-order valence-corrected chi connectivity index (χ3v) is 7.27. The van der Waals surface area contributed by atoms with E-state index >= 15 is 0 Å². The molecule has 3 heterocycles. The highest BCUT2D eigenvalue weighted by atomic mass is 32.1. The first-order chi connectivity index (χ1) is 14.9. The Labute approximate surface area is 176 Å². The Balaban J connectivity index is 1.67. The van der Waals surface area contributed by atoms with Gasteiger partial charge >= 0.3 is 0 Å². The van der Waals surface area contributed by atoms with Crippen LogP contribution in [0.4, 0.5) is 0 Å². The fourth-order valence-electron chi connectivity index (χ4n) is 4.72. The topological polar surface area (TPSA) is 17.8 Å². The predicted molar refractivity (Wildman–Crippen MR) is 129 cm³/mol. The van der Waals surface area contributed by atoms with Crippen molar-refractivity contribution in [2.45, 2.75) is 0 Å². The number of rotatable bonds is 1. The van der Waals surface area contributed by atoms with Crippen LogP contribution in [0.1, 0.15) is 0 Å². The Morgan fingerprint density at radius 3 is 2.50 bits per heavy atom. The van der Waals surface area contributed by atoms with Gasteiger partial charge in [-0.15, -0.1) is 11.3 Å². The lowest BCUT2D eigenvalue weighted by Crippen LogP contribution is -1.93. The number of benzene rings is 4. The van der Waals surface area contributed by atoms with Crippen LogP contribution in [0.3, 0.4) is 0 Å². The minimum absolute atomic E-state index is 1.16.